The van der Waals surface area contributed by atoms with Crippen LogP contribution in [0.3, 0.4) is 0 Å². The summed E-state index contributed by atoms with van der Waals surface area (Å²) in [4.78, 5) is 11.3. The van der Waals surface area contributed by atoms with Gasteiger partial charge in [0, 0.05) is 16.4 Å². The van der Waals surface area contributed by atoms with Crippen LogP contribution >= 0.6 is 23.2 Å². The van der Waals surface area contributed by atoms with Crippen molar-refractivity contribution in [1.29, 1.82) is 0 Å². The Hall–Kier alpha value is -1.91. The molecule has 0 unspecified atom stereocenters. The number of nitrogens with one attached hydrogen (secondary N) is 1. The summed E-state index contributed by atoms with van der Waals surface area (Å²) in [7, 11) is 0. The van der Waals surface area contributed by atoms with Crippen molar-refractivity contribution in [2.45, 2.75) is 6.92 Å². The average molecular weight is 311 g/mol. The van der Waals surface area contributed by atoms with E-state index in [1.165, 1.54) is 12.1 Å². The number of benzene rings is 2. The third kappa shape index (κ3) is 2.98. The monoisotopic (exact) mass is 310 g/mol. The van der Waals surface area contributed by atoms with Gasteiger partial charge in [-0.2, -0.15) is 0 Å². The quantitative estimate of drug-likeness (QED) is 0.738. The molecule has 2 aromatic carbocycles. The van der Waals surface area contributed by atoms with Gasteiger partial charge in [0.15, 0.2) is 0 Å². The SMILES string of the molecule is Cc1ccc(Nc2c(Cl)cc(N)cc2C(=O)O)cc1Cl. The largest absolute Gasteiger partial charge is 0.478 e. The molecule has 0 saturated heterocycles. The van der Waals surface area contributed by atoms with Gasteiger partial charge in [-0.15, -0.1) is 0 Å². The lowest BCUT2D eigenvalue weighted by atomic mass is 10.1. The number of nitrogen functional groups attached to an aromatic ring is 1. The molecule has 6 heteroatoms. The third-order valence-electron chi connectivity index (χ3n) is 2.78. The van der Waals surface area contributed by atoms with Crippen LogP contribution in [-0.2, 0) is 0 Å². The Morgan fingerprint density at radius 2 is 1.90 bits per heavy atom. The normalized spacial score (nSPS) is 10.3. The van der Waals surface area contributed by atoms with Gasteiger partial charge in [0.05, 0.1) is 16.3 Å². The van der Waals surface area contributed by atoms with Gasteiger partial charge in [-0.05, 0) is 36.8 Å². The van der Waals surface area contributed by atoms with Gasteiger partial charge in [-0.3, -0.25) is 0 Å². The average Bonchev–Trinajstić information content (AvgIpc) is 2.36. The van der Waals surface area contributed by atoms with Crippen LogP contribution < -0.4 is 11.1 Å². The van der Waals surface area contributed by atoms with Gasteiger partial charge in [0.25, 0.3) is 0 Å². The molecule has 2 aromatic rings. The summed E-state index contributed by atoms with van der Waals surface area (Å²) in [5.41, 5.74) is 7.77. The zero-order valence-corrected chi connectivity index (χ0v) is 12.1. The first-order valence-electron chi connectivity index (χ1n) is 5.74. The van der Waals surface area contributed by atoms with Crippen LogP contribution in [0.5, 0.6) is 0 Å². The molecule has 0 heterocycles. The number of hydrogen-bond donors (Lipinski definition) is 3. The second-order valence-electron chi connectivity index (χ2n) is 4.32. The van der Waals surface area contributed by atoms with E-state index in [1.807, 2.05) is 13.0 Å². The van der Waals surface area contributed by atoms with E-state index in [-0.39, 0.29) is 16.3 Å². The molecule has 0 bridgehead atoms. The maximum atomic E-state index is 11.3. The molecule has 0 aromatic heterocycles. The summed E-state index contributed by atoms with van der Waals surface area (Å²) in [6.07, 6.45) is 0. The Balaban J connectivity index is 2.47. The molecule has 4 N–H and O–H groups in total. The van der Waals surface area contributed by atoms with Crippen molar-refractivity contribution in [2.75, 3.05) is 11.1 Å². The topological polar surface area (TPSA) is 75.3 Å². The zero-order valence-electron chi connectivity index (χ0n) is 10.6. The molecule has 0 amide bonds. The van der Waals surface area contributed by atoms with E-state index in [2.05, 4.69) is 5.32 Å². The Kier molecular flexibility index (Phi) is 4.06. The van der Waals surface area contributed by atoms with Crippen LogP contribution in [0.15, 0.2) is 30.3 Å². The summed E-state index contributed by atoms with van der Waals surface area (Å²) in [6.45, 7) is 1.88. The molecule has 0 spiro atoms. The van der Waals surface area contributed by atoms with E-state index in [0.29, 0.717) is 16.4 Å². The van der Waals surface area contributed by atoms with Crippen LogP contribution in [0.4, 0.5) is 17.1 Å². The predicted octanol–water partition coefficient (Wildman–Crippen LogP) is 4.33. The molecular weight excluding hydrogens is 299 g/mol. The molecule has 20 heavy (non-hydrogen) atoms. The van der Waals surface area contributed by atoms with Crippen molar-refractivity contribution < 1.29 is 9.90 Å². The number of halogens is 2. The van der Waals surface area contributed by atoms with E-state index in [9.17, 15) is 9.90 Å². The maximum Gasteiger partial charge on any atom is 0.337 e. The summed E-state index contributed by atoms with van der Waals surface area (Å²) >= 11 is 12.1. The highest BCUT2D eigenvalue weighted by Crippen LogP contribution is 2.33. The van der Waals surface area contributed by atoms with E-state index in [4.69, 9.17) is 28.9 Å². The van der Waals surface area contributed by atoms with E-state index < -0.39 is 5.97 Å². The molecule has 4 nitrogen and oxygen atoms in total. The number of aromatic carboxylic acids is 1. The lowest BCUT2D eigenvalue weighted by Crippen LogP contribution is -2.05. The number of carboxylic acids is 1. The minimum Gasteiger partial charge on any atom is -0.478 e. The second kappa shape index (κ2) is 5.61. The van der Waals surface area contributed by atoms with Crippen molar-refractivity contribution in [1.82, 2.24) is 0 Å². The highest BCUT2D eigenvalue weighted by Gasteiger charge is 2.15. The number of aryl methyl sites for hydroxylation is 1. The molecule has 0 fully saturated rings. The van der Waals surface area contributed by atoms with Crippen LogP contribution in [0.1, 0.15) is 15.9 Å². The Bertz CT molecular complexity index is 687. The van der Waals surface area contributed by atoms with Crippen molar-refractivity contribution in [3.05, 3.63) is 51.5 Å². The molecule has 0 aliphatic rings. The first-order chi connectivity index (χ1) is 9.38. The first-order valence-corrected chi connectivity index (χ1v) is 6.49. The summed E-state index contributed by atoms with van der Waals surface area (Å²) in [5.74, 6) is -1.11. The number of rotatable bonds is 3. The fourth-order valence-electron chi connectivity index (χ4n) is 1.74. The Morgan fingerprint density at radius 1 is 1.20 bits per heavy atom. The van der Waals surface area contributed by atoms with Gasteiger partial charge >= 0.3 is 5.97 Å². The van der Waals surface area contributed by atoms with Gasteiger partial charge < -0.3 is 16.2 Å². The minimum atomic E-state index is -1.11. The van der Waals surface area contributed by atoms with Gasteiger partial charge in [0.2, 0.25) is 0 Å². The second-order valence-corrected chi connectivity index (χ2v) is 5.13. The fourth-order valence-corrected chi connectivity index (χ4v) is 2.19. The van der Waals surface area contributed by atoms with Crippen molar-refractivity contribution >= 4 is 46.2 Å². The first kappa shape index (κ1) is 14.5. The molecule has 0 aliphatic carbocycles. The molecule has 2 rings (SSSR count). The maximum absolute atomic E-state index is 11.3. The van der Waals surface area contributed by atoms with E-state index >= 15 is 0 Å². The zero-order chi connectivity index (χ0) is 14.9. The van der Waals surface area contributed by atoms with Crippen LogP contribution in [-0.4, -0.2) is 11.1 Å². The van der Waals surface area contributed by atoms with Gasteiger partial charge in [-0.25, -0.2) is 4.79 Å². The van der Waals surface area contributed by atoms with Crippen LogP contribution in [0.2, 0.25) is 10.0 Å². The van der Waals surface area contributed by atoms with Gasteiger partial charge in [0.1, 0.15) is 0 Å². The number of nitrogens with two attached hydrogens (primary N) is 1. The summed E-state index contributed by atoms with van der Waals surface area (Å²) in [5, 5.41) is 13.0. The molecule has 104 valence electrons. The molecule has 0 aliphatic heterocycles. The van der Waals surface area contributed by atoms with Crippen LogP contribution in [0.25, 0.3) is 0 Å². The lowest BCUT2D eigenvalue weighted by molar-refractivity contribution is 0.0698. The smallest absolute Gasteiger partial charge is 0.337 e. The molecule has 0 saturated carbocycles. The van der Waals surface area contributed by atoms with Gasteiger partial charge in [-0.1, -0.05) is 29.3 Å². The third-order valence-corrected chi connectivity index (χ3v) is 3.49. The highest BCUT2D eigenvalue weighted by molar-refractivity contribution is 6.34. The van der Waals surface area contributed by atoms with E-state index in [1.54, 1.807) is 12.1 Å². The Morgan fingerprint density at radius 3 is 2.50 bits per heavy atom. The number of carbonyl (C=O) groups is 1. The fraction of sp³-hybridized carbons (Fsp3) is 0.0714. The molecule has 0 radical (unpaired) electrons. The predicted molar refractivity (Wildman–Crippen MR) is 82.3 cm³/mol. The molecule has 0 atom stereocenters. The summed E-state index contributed by atoms with van der Waals surface area (Å²) < 4.78 is 0. The number of hydrogen-bond acceptors (Lipinski definition) is 3. The van der Waals surface area contributed by atoms with E-state index in [0.717, 1.165) is 5.56 Å². The Labute approximate surface area is 126 Å². The highest BCUT2D eigenvalue weighted by atomic mass is 35.5. The van der Waals surface area contributed by atoms with Crippen LogP contribution in [0, 0.1) is 6.92 Å². The van der Waals surface area contributed by atoms with Crippen molar-refractivity contribution in [3.8, 4) is 0 Å². The minimum absolute atomic E-state index is 0.00620. The number of anilines is 3. The summed E-state index contributed by atoms with van der Waals surface area (Å²) in [6, 6.07) is 8.17. The molecular formula is C14H12Cl2N2O2. The lowest BCUT2D eigenvalue weighted by Gasteiger charge is -2.13. The van der Waals surface area contributed by atoms with Crippen molar-refractivity contribution in [2.24, 2.45) is 0 Å². The number of carboxylic acid groups (broad SMARTS) is 1. The standard InChI is InChI=1S/C14H12Cl2N2O2/c1-7-2-3-9(6-11(7)15)18-13-10(14(19)20)4-8(17)5-12(13)16/h2-6,18H,17H2,1H3,(H,19,20). The van der Waals surface area contributed by atoms with Crippen molar-refractivity contribution in [3.63, 3.8) is 0 Å².